The predicted octanol–water partition coefficient (Wildman–Crippen LogP) is 0.219. The smallest absolute Gasteiger partial charge is 0.241 e. The second-order valence-corrected chi connectivity index (χ2v) is 5.09. The fraction of sp³-hybridized carbons (Fsp3) is 0.538. The molecule has 0 radical (unpaired) electrons. The zero-order chi connectivity index (χ0) is 14.5. The van der Waals surface area contributed by atoms with E-state index in [0.29, 0.717) is 6.54 Å². The maximum atomic E-state index is 11.9. The quantitative estimate of drug-likeness (QED) is 0.818. The van der Waals surface area contributed by atoms with Gasteiger partial charge in [0.2, 0.25) is 5.91 Å². The van der Waals surface area contributed by atoms with E-state index in [1.165, 1.54) is 23.9 Å². The minimum Gasteiger partial charge on any atom is -0.468 e. The number of rotatable bonds is 6. The summed E-state index contributed by atoms with van der Waals surface area (Å²) < 4.78 is 6.91. The van der Waals surface area contributed by atoms with Crippen LogP contribution in [0.2, 0.25) is 0 Å². The van der Waals surface area contributed by atoms with Crippen molar-refractivity contribution in [2.45, 2.75) is 25.4 Å². The highest BCUT2D eigenvalue weighted by Gasteiger charge is 2.25. The second-order valence-electron chi connectivity index (χ2n) is 5.09. The number of nitrogens with zero attached hydrogens (tertiary/aromatic N) is 5. The molecule has 0 unspecified atom stereocenters. The van der Waals surface area contributed by atoms with Gasteiger partial charge in [-0.3, -0.25) is 9.69 Å². The average molecular weight is 290 g/mol. The molecule has 1 atom stereocenters. The highest BCUT2D eigenvalue weighted by Crippen LogP contribution is 2.24. The van der Waals surface area contributed by atoms with Crippen molar-refractivity contribution >= 4 is 5.91 Å². The molecule has 0 aliphatic carbocycles. The first-order chi connectivity index (χ1) is 10.3. The summed E-state index contributed by atoms with van der Waals surface area (Å²) in [6.07, 6.45) is 5.47. The van der Waals surface area contributed by atoms with Gasteiger partial charge in [-0.1, -0.05) is 0 Å². The van der Waals surface area contributed by atoms with Crippen LogP contribution in [0.15, 0.2) is 29.1 Å². The summed E-state index contributed by atoms with van der Waals surface area (Å²) in [6.45, 7) is 2.72. The molecule has 0 aromatic carbocycles. The predicted molar refractivity (Wildman–Crippen MR) is 73.1 cm³/mol. The largest absolute Gasteiger partial charge is 0.468 e. The molecule has 1 N–H and O–H groups in total. The first-order valence-corrected chi connectivity index (χ1v) is 7.08. The minimum absolute atomic E-state index is 0.0836. The fourth-order valence-electron chi connectivity index (χ4n) is 2.61. The highest BCUT2D eigenvalue weighted by atomic mass is 16.3. The Morgan fingerprint density at radius 1 is 1.43 bits per heavy atom. The van der Waals surface area contributed by atoms with Crippen molar-refractivity contribution in [3.8, 4) is 0 Å². The number of tetrazole rings is 1. The highest BCUT2D eigenvalue weighted by molar-refractivity contribution is 5.75. The fourth-order valence-corrected chi connectivity index (χ4v) is 2.61. The molecule has 1 aliphatic rings. The molecular weight excluding hydrogens is 272 g/mol. The first kappa shape index (κ1) is 13.7. The van der Waals surface area contributed by atoms with E-state index in [-0.39, 0.29) is 18.5 Å². The third-order valence-corrected chi connectivity index (χ3v) is 3.64. The lowest BCUT2D eigenvalue weighted by atomic mass is 10.2. The molecule has 21 heavy (non-hydrogen) atoms. The summed E-state index contributed by atoms with van der Waals surface area (Å²) >= 11 is 0. The van der Waals surface area contributed by atoms with Crippen molar-refractivity contribution in [2.24, 2.45) is 0 Å². The lowest BCUT2D eigenvalue weighted by Gasteiger charge is -2.25. The normalized spacial score (nSPS) is 17.0. The zero-order valence-electron chi connectivity index (χ0n) is 11.7. The van der Waals surface area contributed by atoms with E-state index < -0.39 is 0 Å². The Balaban J connectivity index is 1.58. The van der Waals surface area contributed by atoms with Gasteiger partial charge in [0.25, 0.3) is 0 Å². The number of carbonyl (C=O) groups excluding carboxylic acids is 1. The lowest BCUT2D eigenvalue weighted by molar-refractivity contribution is -0.122. The molecule has 112 valence electrons. The van der Waals surface area contributed by atoms with Gasteiger partial charge in [-0.05, 0) is 48.5 Å². The number of hydrogen-bond acceptors (Lipinski definition) is 6. The van der Waals surface area contributed by atoms with Gasteiger partial charge in [0.15, 0.2) is 0 Å². The Morgan fingerprint density at radius 3 is 2.95 bits per heavy atom. The Morgan fingerprint density at radius 2 is 2.29 bits per heavy atom. The Bertz CT molecular complexity index is 547. The second kappa shape index (κ2) is 6.49. The molecule has 1 saturated heterocycles. The van der Waals surface area contributed by atoms with Crippen LogP contribution in [-0.2, 0) is 11.3 Å². The van der Waals surface area contributed by atoms with Crippen molar-refractivity contribution in [3.63, 3.8) is 0 Å². The summed E-state index contributed by atoms with van der Waals surface area (Å²) in [5.41, 5.74) is 0. The number of amides is 1. The van der Waals surface area contributed by atoms with Crippen LogP contribution in [0.3, 0.4) is 0 Å². The van der Waals surface area contributed by atoms with Crippen LogP contribution in [-0.4, -0.2) is 50.6 Å². The first-order valence-electron chi connectivity index (χ1n) is 7.08. The molecule has 0 spiro atoms. The molecule has 8 nitrogen and oxygen atoms in total. The number of likely N-dealkylation sites (tertiary alicyclic amines) is 1. The van der Waals surface area contributed by atoms with Gasteiger partial charge in [0.05, 0.1) is 12.3 Å². The lowest BCUT2D eigenvalue weighted by Crippen LogP contribution is -2.38. The number of hydrogen-bond donors (Lipinski definition) is 1. The summed E-state index contributed by atoms with van der Waals surface area (Å²) in [7, 11) is 0. The maximum absolute atomic E-state index is 11.9. The van der Waals surface area contributed by atoms with Crippen LogP contribution in [0.25, 0.3) is 0 Å². The topological polar surface area (TPSA) is 89.1 Å². The van der Waals surface area contributed by atoms with Crippen LogP contribution < -0.4 is 5.32 Å². The number of furan rings is 1. The van der Waals surface area contributed by atoms with Gasteiger partial charge in [0, 0.05) is 6.54 Å². The van der Waals surface area contributed by atoms with Crippen LogP contribution in [0.1, 0.15) is 24.6 Å². The molecule has 1 amide bonds. The Labute approximate surface area is 122 Å². The monoisotopic (exact) mass is 290 g/mol. The molecule has 2 aromatic rings. The molecular formula is C13H18N6O2. The third kappa shape index (κ3) is 3.46. The number of nitrogens with one attached hydrogen (secondary N) is 1. The van der Waals surface area contributed by atoms with E-state index in [1.807, 2.05) is 12.1 Å². The summed E-state index contributed by atoms with van der Waals surface area (Å²) in [4.78, 5) is 14.3. The van der Waals surface area contributed by atoms with Crippen LogP contribution in [0, 0.1) is 0 Å². The Hall–Kier alpha value is -2.22. The van der Waals surface area contributed by atoms with Crippen molar-refractivity contribution in [1.29, 1.82) is 0 Å². The van der Waals surface area contributed by atoms with E-state index in [2.05, 4.69) is 25.7 Å². The van der Waals surface area contributed by atoms with Crippen molar-refractivity contribution < 1.29 is 9.21 Å². The summed E-state index contributed by atoms with van der Waals surface area (Å²) in [5.74, 6) is 0.776. The molecule has 3 heterocycles. The standard InChI is InChI=1S/C13H18N6O2/c20-13(9-19-10-15-16-17-19)14-8-11(12-4-3-7-21-12)18-5-1-2-6-18/h3-4,7,10-11H,1-2,5-6,8-9H2,(H,14,20)/t11-/m0/s1. The van der Waals surface area contributed by atoms with Crippen molar-refractivity contribution in [1.82, 2.24) is 30.4 Å². The number of aromatic nitrogens is 4. The van der Waals surface area contributed by atoms with Gasteiger partial charge >= 0.3 is 0 Å². The van der Waals surface area contributed by atoms with Crippen LogP contribution >= 0.6 is 0 Å². The van der Waals surface area contributed by atoms with E-state index in [1.54, 1.807) is 6.26 Å². The number of carbonyl (C=O) groups is 1. The molecule has 0 saturated carbocycles. The van der Waals surface area contributed by atoms with Crippen molar-refractivity contribution in [2.75, 3.05) is 19.6 Å². The molecule has 8 heteroatoms. The molecule has 2 aromatic heterocycles. The van der Waals surface area contributed by atoms with Crippen LogP contribution in [0.5, 0.6) is 0 Å². The maximum Gasteiger partial charge on any atom is 0.241 e. The van der Waals surface area contributed by atoms with Gasteiger partial charge in [-0.25, -0.2) is 4.68 Å². The average Bonchev–Trinajstić information content (AvgIpc) is 3.23. The van der Waals surface area contributed by atoms with E-state index >= 15 is 0 Å². The van der Waals surface area contributed by atoms with Gasteiger partial charge in [-0.2, -0.15) is 0 Å². The SMILES string of the molecule is O=C(Cn1cnnn1)NC[C@@H](c1ccco1)N1CCCC1. The minimum atomic E-state index is -0.113. The summed E-state index contributed by atoms with van der Waals surface area (Å²) in [5, 5.41) is 13.6. The van der Waals surface area contributed by atoms with Gasteiger partial charge in [0.1, 0.15) is 18.6 Å². The molecule has 3 rings (SSSR count). The van der Waals surface area contributed by atoms with Gasteiger partial charge < -0.3 is 9.73 Å². The van der Waals surface area contributed by atoms with E-state index in [9.17, 15) is 4.79 Å². The molecule has 1 fully saturated rings. The van der Waals surface area contributed by atoms with E-state index in [0.717, 1.165) is 18.8 Å². The summed E-state index contributed by atoms with van der Waals surface area (Å²) in [6, 6.07) is 3.91. The molecule has 0 bridgehead atoms. The van der Waals surface area contributed by atoms with E-state index in [4.69, 9.17) is 4.42 Å². The molecule has 1 aliphatic heterocycles. The van der Waals surface area contributed by atoms with Crippen LogP contribution in [0.4, 0.5) is 0 Å². The zero-order valence-corrected chi connectivity index (χ0v) is 11.7. The van der Waals surface area contributed by atoms with Gasteiger partial charge in [-0.15, -0.1) is 5.10 Å². The third-order valence-electron chi connectivity index (χ3n) is 3.64. The Kier molecular flexibility index (Phi) is 4.25. The van der Waals surface area contributed by atoms with Crippen molar-refractivity contribution in [3.05, 3.63) is 30.5 Å².